The topological polar surface area (TPSA) is 78.7 Å². The van der Waals surface area contributed by atoms with Crippen LogP contribution in [0.1, 0.15) is 36.0 Å². The average molecular weight is 457 g/mol. The molecule has 2 aromatic rings. The summed E-state index contributed by atoms with van der Waals surface area (Å²) >= 11 is 0. The molecule has 2 aliphatic carbocycles. The molecule has 0 radical (unpaired) electrons. The minimum atomic E-state index is -0.668. The Balaban J connectivity index is 1.27. The number of amides is 2. The molecule has 0 atom stereocenters. The molecular weight excluding hydrogens is 424 g/mol. The maximum atomic E-state index is 13.1. The molecule has 1 saturated heterocycles. The number of piperazine rings is 1. The van der Waals surface area contributed by atoms with E-state index in [4.69, 9.17) is 5.73 Å². The van der Waals surface area contributed by atoms with Crippen LogP contribution in [0.15, 0.2) is 54.6 Å². The van der Waals surface area contributed by atoms with Crippen LogP contribution < -0.4 is 21.5 Å². The van der Waals surface area contributed by atoms with E-state index in [-0.39, 0.29) is 11.8 Å². The van der Waals surface area contributed by atoms with Crippen molar-refractivity contribution >= 4 is 23.6 Å². The number of nitrogens with zero attached hydrogens (tertiary/aromatic N) is 2. The first-order valence-corrected chi connectivity index (χ1v) is 12.1. The Morgan fingerprint density at radius 2 is 1.62 bits per heavy atom. The van der Waals surface area contributed by atoms with Crippen molar-refractivity contribution < 1.29 is 9.59 Å². The number of hydrogen-bond donors (Lipinski definition) is 2. The fourth-order valence-corrected chi connectivity index (χ4v) is 5.05. The van der Waals surface area contributed by atoms with E-state index < -0.39 is 5.54 Å². The molecule has 2 amide bonds. The number of allylic oxidation sites excluding steroid dienone is 1. The first-order valence-electron chi connectivity index (χ1n) is 12.1. The van der Waals surface area contributed by atoms with E-state index in [0.29, 0.717) is 31.7 Å². The number of fused-ring (bicyclic) bond motifs is 1. The molecule has 2 fully saturated rings. The lowest BCUT2D eigenvalue weighted by atomic mass is 9.76. The van der Waals surface area contributed by atoms with Crippen molar-refractivity contribution in [3.63, 3.8) is 0 Å². The van der Waals surface area contributed by atoms with E-state index in [1.165, 1.54) is 16.1 Å². The Kier molecular flexibility index (Phi) is 6.00. The summed E-state index contributed by atoms with van der Waals surface area (Å²) in [6.45, 7) is 2.18. The summed E-state index contributed by atoms with van der Waals surface area (Å²) < 4.78 is 0. The SMILES string of the molecule is CNC1=c2ccc(-c3ccc(C(=O)N4CCN(C(=O)C5(N)CCC5)CC4)cc3)cc2=CC=CC1. The second kappa shape index (κ2) is 9.11. The molecule has 0 spiro atoms. The molecule has 6 heteroatoms. The zero-order chi connectivity index (χ0) is 23.7. The molecule has 1 heterocycles. The highest BCUT2D eigenvalue weighted by atomic mass is 16.2. The van der Waals surface area contributed by atoms with E-state index in [2.05, 4.69) is 41.7 Å². The number of carbonyl (C=O) groups is 2. The highest BCUT2D eigenvalue weighted by Gasteiger charge is 2.43. The summed E-state index contributed by atoms with van der Waals surface area (Å²) in [5.74, 6) is 0.0570. The van der Waals surface area contributed by atoms with Crippen molar-refractivity contribution in [1.29, 1.82) is 0 Å². The summed E-state index contributed by atoms with van der Waals surface area (Å²) in [5.41, 5.74) is 9.62. The van der Waals surface area contributed by atoms with E-state index in [1.807, 2.05) is 41.1 Å². The van der Waals surface area contributed by atoms with Gasteiger partial charge in [0.05, 0.1) is 5.54 Å². The highest BCUT2D eigenvalue weighted by molar-refractivity contribution is 5.95. The van der Waals surface area contributed by atoms with Crippen molar-refractivity contribution in [3.8, 4) is 11.1 Å². The number of carbonyl (C=O) groups excluding carboxylic acids is 2. The molecule has 0 unspecified atom stereocenters. The van der Waals surface area contributed by atoms with Gasteiger partial charge < -0.3 is 20.9 Å². The van der Waals surface area contributed by atoms with Gasteiger partial charge in [0.1, 0.15) is 0 Å². The normalized spacial score (nSPS) is 18.9. The van der Waals surface area contributed by atoms with Crippen LogP contribution in [0.4, 0.5) is 0 Å². The zero-order valence-corrected chi connectivity index (χ0v) is 19.7. The molecule has 176 valence electrons. The van der Waals surface area contributed by atoms with Gasteiger partial charge in [-0.25, -0.2) is 0 Å². The van der Waals surface area contributed by atoms with Gasteiger partial charge in [-0.1, -0.05) is 42.5 Å². The fraction of sp³-hybridized carbons (Fsp3) is 0.357. The Morgan fingerprint density at radius 1 is 0.941 bits per heavy atom. The lowest BCUT2D eigenvalue weighted by Crippen LogP contribution is -2.62. The maximum Gasteiger partial charge on any atom is 0.253 e. The van der Waals surface area contributed by atoms with E-state index >= 15 is 0 Å². The minimum absolute atomic E-state index is 0.0124. The lowest BCUT2D eigenvalue weighted by Gasteiger charge is -2.43. The fourth-order valence-electron chi connectivity index (χ4n) is 5.05. The molecular formula is C28H32N4O2. The smallest absolute Gasteiger partial charge is 0.253 e. The molecule has 1 aliphatic heterocycles. The van der Waals surface area contributed by atoms with Crippen molar-refractivity contribution in [2.75, 3.05) is 33.2 Å². The van der Waals surface area contributed by atoms with Crippen LogP contribution in [0.2, 0.25) is 0 Å². The number of hydrogen-bond acceptors (Lipinski definition) is 4. The molecule has 0 aromatic heterocycles. The molecule has 5 rings (SSSR count). The Labute approximate surface area is 200 Å². The number of rotatable bonds is 4. The third-order valence-electron chi connectivity index (χ3n) is 7.40. The van der Waals surface area contributed by atoms with E-state index in [9.17, 15) is 9.59 Å². The lowest BCUT2D eigenvalue weighted by molar-refractivity contribution is -0.141. The second-order valence-electron chi connectivity index (χ2n) is 9.50. The molecule has 3 aliphatic rings. The van der Waals surface area contributed by atoms with Gasteiger partial charge in [-0.15, -0.1) is 0 Å². The minimum Gasteiger partial charge on any atom is -0.391 e. The van der Waals surface area contributed by atoms with Crippen LogP contribution >= 0.6 is 0 Å². The number of benzene rings is 2. The predicted octanol–water partition coefficient (Wildman–Crippen LogP) is 1.59. The predicted molar refractivity (Wildman–Crippen MR) is 135 cm³/mol. The molecule has 1 saturated carbocycles. The standard InChI is InChI=1S/C28H32N4O2/c1-30-25-6-3-2-5-23-19-22(11-12-24(23)25)20-7-9-21(10-8-20)26(33)31-15-17-32(18-16-31)27(34)28(29)13-4-14-28/h2-3,5,7-12,19,30H,4,6,13-18,29H2,1H3. The first-order chi connectivity index (χ1) is 16.5. The van der Waals surface area contributed by atoms with E-state index in [0.717, 1.165) is 36.8 Å². The second-order valence-corrected chi connectivity index (χ2v) is 9.50. The summed E-state index contributed by atoms with van der Waals surface area (Å²) in [6.07, 6.45) is 9.85. The summed E-state index contributed by atoms with van der Waals surface area (Å²) in [6, 6.07) is 14.3. The van der Waals surface area contributed by atoms with Gasteiger partial charge in [-0.2, -0.15) is 0 Å². The number of nitrogens with two attached hydrogens (primary N) is 1. The molecule has 3 N–H and O–H groups in total. The van der Waals surface area contributed by atoms with Gasteiger partial charge in [0.15, 0.2) is 0 Å². The molecule has 6 nitrogen and oxygen atoms in total. The van der Waals surface area contributed by atoms with Crippen molar-refractivity contribution in [2.24, 2.45) is 5.73 Å². The summed E-state index contributed by atoms with van der Waals surface area (Å²) in [5, 5.41) is 5.71. The van der Waals surface area contributed by atoms with Crippen molar-refractivity contribution in [3.05, 3.63) is 70.6 Å². The van der Waals surface area contributed by atoms with Crippen molar-refractivity contribution in [2.45, 2.75) is 31.2 Å². The van der Waals surface area contributed by atoms with Gasteiger partial charge >= 0.3 is 0 Å². The zero-order valence-electron chi connectivity index (χ0n) is 19.7. The van der Waals surface area contributed by atoms with Crippen LogP contribution in [-0.2, 0) is 4.79 Å². The van der Waals surface area contributed by atoms with Gasteiger partial charge in [0.25, 0.3) is 5.91 Å². The Bertz CT molecular complexity index is 1250. The van der Waals surface area contributed by atoms with Crippen LogP contribution in [-0.4, -0.2) is 60.4 Å². The van der Waals surface area contributed by atoms with Crippen LogP contribution in [0.25, 0.3) is 22.9 Å². The van der Waals surface area contributed by atoms with Crippen molar-refractivity contribution in [1.82, 2.24) is 15.1 Å². The molecule has 34 heavy (non-hydrogen) atoms. The highest BCUT2D eigenvalue weighted by Crippen LogP contribution is 2.31. The first kappa shape index (κ1) is 22.4. The van der Waals surface area contributed by atoms with Gasteiger partial charge in [0, 0.05) is 56.1 Å². The maximum absolute atomic E-state index is 13.1. The molecule has 2 aromatic carbocycles. The summed E-state index contributed by atoms with van der Waals surface area (Å²) in [4.78, 5) is 29.4. The van der Waals surface area contributed by atoms with Crippen LogP contribution in [0.5, 0.6) is 0 Å². The molecule has 0 bridgehead atoms. The Hall–Kier alpha value is -3.38. The summed E-state index contributed by atoms with van der Waals surface area (Å²) in [7, 11) is 1.96. The van der Waals surface area contributed by atoms with Crippen LogP contribution in [0, 0.1) is 0 Å². The largest absolute Gasteiger partial charge is 0.391 e. The third kappa shape index (κ3) is 4.14. The monoisotopic (exact) mass is 456 g/mol. The number of nitrogens with one attached hydrogen (secondary N) is 1. The van der Waals surface area contributed by atoms with Gasteiger partial charge in [0.2, 0.25) is 5.91 Å². The van der Waals surface area contributed by atoms with E-state index in [1.54, 1.807) is 0 Å². The van der Waals surface area contributed by atoms with Gasteiger partial charge in [-0.05, 0) is 53.8 Å². The Morgan fingerprint density at radius 3 is 2.26 bits per heavy atom. The quantitative estimate of drug-likeness (QED) is 0.733. The van der Waals surface area contributed by atoms with Crippen LogP contribution in [0.3, 0.4) is 0 Å². The third-order valence-corrected chi connectivity index (χ3v) is 7.40. The van der Waals surface area contributed by atoms with Gasteiger partial charge in [-0.3, -0.25) is 9.59 Å². The average Bonchev–Trinajstić information content (AvgIpc) is 3.08.